The molecule has 3 N–H and O–H groups in total. The molecule has 130 valence electrons. The molecule has 2 heterocycles. The SMILES string of the molecule is C=C1N(C)[C@@H]2C[C@@H]2[C@@]1(O)C#Cc1cccc(-c2cccc(C(N)=O)n2)c1. The minimum absolute atomic E-state index is 0.143. The number of fused-ring (bicyclic) bond motifs is 1. The molecule has 1 amide bonds. The van der Waals surface area contributed by atoms with E-state index in [2.05, 4.69) is 23.4 Å². The van der Waals surface area contributed by atoms with Crippen LogP contribution in [0.4, 0.5) is 0 Å². The average molecular weight is 345 g/mol. The lowest BCUT2D eigenvalue weighted by Gasteiger charge is -2.24. The number of carbonyl (C=O) groups is 1. The van der Waals surface area contributed by atoms with Crippen LogP contribution in [-0.2, 0) is 0 Å². The fourth-order valence-corrected chi connectivity index (χ4v) is 3.56. The Bertz CT molecular complexity index is 988. The zero-order valence-electron chi connectivity index (χ0n) is 14.4. The van der Waals surface area contributed by atoms with Gasteiger partial charge in [0.05, 0.1) is 11.4 Å². The number of primary amides is 1. The summed E-state index contributed by atoms with van der Waals surface area (Å²) in [6.07, 6.45) is 0.949. The summed E-state index contributed by atoms with van der Waals surface area (Å²) in [4.78, 5) is 17.6. The van der Waals surface area contributed by atoms with E-state index in [0.29, 0.717) is 17.4 Å². The minimum Gasteiger partial charge on any atom is -0.372 e. The van der Waals surface area contributed by atoms with E-state index in [-0.39, 0.29) is 11.6 Å². The summed E-state index contributed by atoms with van der Waals surface area (Å²) in [5, 5.41) is 10.9. The van der Waals surface area contributed by atoms with E-state index in [9.17, 15) is 9.90 Å². The Kier molecular flexibility index (Phi) is 3.60. The van der Waals surface area contributed by atoms with E-state index in [0.717, 1.165) is 17.5 Å². The van der Waals surface area contributed by atoms with Crippen molar-refractivity contribution in [2.45, 2.75) is 18.1 Å². The van der Waals surface area contributed by atoms with Gasteiger partial charge in [0.15, 0.2) is 5.60 Å². The van der Waals surface area contributed by atoms with Gasteiger partial charge in [-0.05, 0) is 30.7 Å². The molecule has 1 aromatic heterocycles. The molecule has 0 radical (unpaired) electrons. The summed E-state index contributed by atoms with van der Waals surface area (Å²) in [5.74, 6) is 5.68. The second-order valence-corrected chi connectivity index (χ2v) is 6.84. The van der Waals surface area contributed by atoms with Crippen LogP contribution < -0.4 is 5.73 Å². The number of aliphatic hydroxyl groups is 1. The number of aromatic nitrogens is 1. The fourth-order valence-electron chi connectivity index (χ4n) is 3.56. The topological polar surface area (TPSA) is 79.5 Å². The molecular formula is C21H19N3O2. The second-order valence-electron chi connectivity index (χ2n) is 6.84. The monoisotopic (exact) mass is 345 g/mol. The van der Waals surface area contributed by atoms with Crippen LogP contribution in [0.15, 0.2) is 54.7 Å². The number of benzene rings is 1. The van der Waals surface area contributed by atoms with E-state index in [4.69, 9.17) is 5.73 Å². The number of carbonyl (C=O) groups excluding carboxylic acids is 1. The maximum atomic E-state index is 11.3. The molecule has 5 heteroatoms. The van der Waals surface area contributed by atoms with E-state index in [1.807, 2.05) is 42.3 Å². The summed E-state index contributed by atoms with van der Waals surface area (Å²) in [7, 11) is 1.95. The minimum atomic E-state index is -1.15. The number of nitrogens with two attached hydrogens (primary N) is 1. The standard InChI is InChI=1S/C21H19N3O2/c1-13-21(26,16-12-19(16)24(13)2)10-9-14-5-3-6-15(11-14)17-7-4-8-18(23-17)20(22)25/h3-8,11,16,19,26H,1,12H2,2H3,(H2,22,25)/t16-,19+,21+/m0/s1. The van der Waals surface area contributed by atoms with Crippen molar-refractivity contribution < 1.29 is 9.90 Å². The van der Waals surface area contributed by atoms with Gasteiger partial charge in [0.1, 0.15) is 5.69 Å². The lowest BCUT2D eigenvalue weighted by molar-refractivity contribution is 0.0995. The molecule has 2 aromatic rings. The average Bonchev–Trinajstić information content (AvgIpc) is 3.43. The Morgan fingerprint density at radius 1 is 1.38 bits per heavy atom. The molecule has 1 aromatic carbocycles. The summed E-state index contributed by atoms with van der Waals surface area (Å²) in [6, 6.07) is 13.0. The quantitative estimate of drug-likeness (QED) is 0.813. The number of likely N-dealkylation sites (N-methyl/N-ethyl adjacent to an activating group) is 1. The highest BCUT2D eigenvalue weighted by molar-refractivity contribution is 5.91. The Hall–Kier alpha value is -3.10. The van der Waals surface area contributed by atoms with Gasteiger partial charge in [-0.1, -0.05) is 36.6 Å². The first-order valence-corrected chi connectivity index (χ1v) is 8.45. The highest BCUT2D eigenvalue weighted by Gasteiger charge is 2.62. The number of piperidine rings is 1. The molecule has 5 nitrogen and oxygen atoms in total. The molecule has 4 rings (SSSR count). The summed E-state index contributed by atoms with van der Waals surface area (Å²) >= 11 is 0. The summed E-state index contributed by atoms with van der Waals surface area (Å²) in [5.41, 5.74) is 7.28. The molecule has 1 aliphatic heterocycles. The van der Waals surface area contributed by atoms with E-state index in [1.54, 1.807) is 12.1 Å². The van der Waals surface area contributed by atoms with E-state index in [1.165, 1.54) is 0 Å². The number of pyridine rings is 1. The molecule has 1 aliphatic carbocycles. The summed E-state index contributed by atoms with van der Waals surface area (Å²) in [6.45, 7) is 3.99. The van der Waals surface area contributed by atoms with Gasteiger partial charge in [-0.3, -0.25) is 4.79 Å². The lowest BCUT2D eigenvalue weighted by Crippen LogP contribution is -2.32. The van der Waals surface area contributed by atoms with Gasteiger partial charge in [0.2, 0.25) is 0 Å². The number of amides is 1. The third-order valence-corrected chi connectivity index (χ3v) is 5.21. The largest absolute Gasteiger partial charge is 0.372 e. The van der Waals surface area contributed by atoms with Crippen molar-refractivity contribution in [1.29, 1.82) is 0 Å². The normalized spacial score (nSPS) is 26.1. The first-order chi connectivity index (χ1) is 12.4. The van der Waals surface area contributed by atoms with Crippen LogP contribution in [-0.4, -0.2) is 39.6 Å². The Labute approximate surface area is 152 Å². The van der Waals surface area contributed by atoms with Crippen molar-refractivity contribution in [1.82, 2.24) is 9.88 Å². The first kappa shape index (κ1) is 16.4. The maximum absolute atomic E-state index is 11.3. The predicted molar refractivity (Wildman–Crippen MR) is 98.8 cm³/mol. The van der Waals surface area contributed by atoms with Crippen molar-refractivity contribution >= 4 is 5.91 Å². The van der Waals surface area contributed by atoms with Gasteiger partial charge in [-0.2, -0.15) is 0 Å². The number of hydrogen-bond acceptors (Lipinski definition) is 4. The van der Waals surface area contributed by atoms with Gasteiger partial charge in [0.25, 0.3) is 5.91 Å². The van der Waals surface area contributed by atoms with Crippen LogP contribution in [0.1, 0.15) is 22.5 Å². The Balaban J connectivity index is 1.65. The summed E-state index contributed by atoms with van der Waals surface area (Å²) < 4.78 is 0. The fraction of sp³-hybridized carbons (Fsp3) is 0.238. The highest BCUT2D eigenvalue weighted by Crippen LogP contribution is 2.54. The molecule has 1 saturated carbocycles. The van der Waals surface area contributed by atoms with Crippen molar-refractivity contribution in [3.05, 3.63) is 66.0 Å². The van der Waals surface area contributed by atoms with E-state index >= 15 is 0 Å². The maximum Gasteiger partial charge on any atom is 0.267 e. The number of nitrogens with zero attached hydrogens (tertiary/aromatic N) is 2. The van der Waals surface area contributed by atoms with E-state index < -0.39 is 11.5 Å². The molecule has 26 heavy (non-hydrogen) atoms. The van der Waals surface area contributed by atoms with Crippen LogP contribution >= 0.6 is 0 Å². The zero-order chi connectivity index (χ0) is 18.5. The lowest BCUT2D eigenvalue weighted by atomic mass is 9.96. The van der Waals surface area contributed by atoms with Gasteiger partial charge in [-0.25, -0.2) is 4.98 Å². The Morgan fingerprint density at radius 2 is 2.15 bits per heavy atom. The van der Waals surface area contributed by atoms with Crippen molar-refractivity contribution in [2.24, 2.45) is 11.7 Å². The predicted octanol–water partition coefficient (Wildman–Crippen LogP) is 1.78. The smallest absolute Gasteiger partial charge is 0.267 e. The number of rotatable bonds is 2. The number of hydrogen-bond donors (Lipinski definition) is 2. The molecule has 2 fully saturated rings. The highest BCUT2D eigenvalue weighted by atomic mass is 16.3. The molecule has 0 unspecified atom stereocenters. The van der Waals surface area contributed by atoms with Gasteiger partial charge < -0.3 is 15.7 Å². The van der Waals surface area contributed by atoms with Crippen molar-refractivity contribution in [3.8, 4) is 23.1 Å². The van der Waals surface area contributed by atoms with Gasteiger partial charge >= 0.3 is 0 Å². The van der Waals surface area contributed by atoms with Gasteiger partial charge in [-0.15, -0.1) is 0 Å². The van der Waals surface area contributed by atoms with Crippen LogP contribution in [0.25, 0.3) is 11.3 Å². The van der Waals surface area contributed by atoms with Crippen LogP contribution in [0.5, 0.6) is 0 Å². The zero-order valence-corrected chi connectivity index (χ0v) is 14.4. The van der Waals surface area contributed by atoms with Crippen LogP contribution in [0.2, 0.25) is 0 Å². The number of likely N-dealkylation sites (tertiary alicyclic amines) is 1. The second kappa shape index (κ2) is 5.72. The molecular weight excluding hydrogens is 326 g/mol. The van der Waals surface area contributed by atoms with Crippen LogP contribution in [0.3, 0.4) is 0 Å². The Morgan fingerprint density at radius 3 is 2.85 bits per heavy atom. The third kappa shape index (κ3) is 2.56. The van der Waals surface area contributed by atoms with Crippen LogP contribution in [0, 0.1) is 17.8 Å². The first-order valence-electron chi connectivity index (χ1n) is 8.45. The molecule has 0 spiro atoms. The molecule has 3 atom stereocenters. The third-order valence-electron chi connectivity index (χ3n) is 5.21. The van der Waals surface area contributed by atoms with Crippen molar-refractivity contribution in [2.75, 3.05) is 7.05 Å². The molecule has 0 bridgehead atoms. The molecule has 1 saturated heterocycles. The van der Waals surface area contributed by atoms with Gasteiger partial charge in [0, 0.05) is 30.1 Å². The van der Waals surface area contributed by atoms with Crippen molar-refractivity contribution in [3.63, 3.8) is 0 Å². The molecule has 2 aliphatic rings.